The topological polar surface area (TPSA) is 123 Å². The Morgan fingerprint density at radius 1 is 1.31 bits per heavy atom. The van der Waals surface area contributed by atoms with Gasteiger partial charge in [0, 0.05) is 6.07 Å². The largest absolute Gasteiger partial charge is 0.484 e. The molecule has 2 aromatic rings. The monoisotopic (exact) mass is 376 g/mol. The van der Waals surface area contributed by atoms with Gasteiger partial charge in [0.15, 0.2) is 6.61 Å². The molecular weight excluding hydrogens is 360 g/mol. The van der Waals surface area contributed by atoms with E-state index in [-0.39, 0.29) is 18.2 Å². The van der Waals surface area contributed by atoms with Gasteiger partial charge in [0.2, 0.25) is 0 Å². The molecule has 0 saturated heterocycles. The van der Waals surface area contributed by atoms with Crippen molar-refractivity contribution in [1.82, 2.24) is 10.7 Å². The summed E-state index contributed by atoms with van der Waals surface area (Å²) in [7, 11) is 0. The summed E-state index contributed by atoms with van der Waals surface area (Å²) < 4.78 is 5.31. The minimum Gasteiger partial charge on any atom is -0.484 e. The lowest BCUT2D eigenvalue weighted by Crippen LogP contribution is -2.37. The maximum atomic E-state index is 11.7. The van der Waals surface area contributed by atoms with Gasteiger partial charge in [-0.15, -0.1) is 0 Å². The molecule has 1 heterocycles. The molecule has 0 aliphatic heterocycles. The zero-order valence-electron chi connectivity index (χ0n) is 13.8. The van der Waals surface area contributed by atoms with E-state index < -0.39 is 16.7 Å². The number of nitrogens with zero attached hydrogens (tertiary/aromatic N) is 2. The molecule has 0 aliphatic rings. The molecule has 0 radical (unpaired) electrons. The van der Waals surface area contributed by atoms with Crippen LogP contribution in [0.1, 0.15) is 10.4 Å². The quantitative estimate of drug-likeness (QED) is 0.412. The molecule has 1 aromatic heterocycles. The predicted octanol–water partition coefficient (Wildman–Crippen LogP) is 1.61. The summed E-state index contributed by atoms with van der Waals surface area (Å²) in [6.45, 7) is 1.43. The SMILES string of the molecule is Cc1cccc(OCC(=O)NCC(=O)NN=Cc2ccc([N+](=O)[O-])s2)c1. The van der Waals surface area contributed by atoms with Crippen LogP contribution < -0.4 is 15.5 Å². The molecule has 26 heavy (non-hydrogen) atoms. The van der Waals surface area contributed by atoms with Gasteiger partial charge in [-0.1, -0.05) is 23.5 Å². The summed E-state index contributed by atoms with van der Waals surface area (Å²) in [4.78, 5) is 33.8. The van der Waals surface area contributed by atoms with Gasteiger partial charge < -0.3 is 10.1 Å². The van der Waals surface area contributed by atoms with E-state index in [1.807, 2.05) is 19.1 Å². The first-order chi connectivity index (χ1) is 12.4. The highest BCUT2D eigenvalue weighted by molar-refractivity contribution is 7.16. The summed E-state index contributed by atoms with van der Waals surface area (Å²) in [5.74, 6) is -0.407. The number of rotatable bonds is 8. The van der Waals surface area contributed by atoms with Crippen LogP contribution in [0.3, 0.4) is 0 Å². The molecule has 2 rings (SSSR count). The number of aryl methyl sites for hydroxylation is 1. The van der Waals surface area contributed by atoms with Crippen molar-refractivity contribution in [1.29, 1.82) is 0 Å². The Balaban J connectivity index is 1.68. The summed E-state index contributed by atoms with van der Waals surface area (Å²) in [5, 5.41) is 16.6. The first-order valence-electron chi connectivity index (χ1n) is 7.46. The second kappa shape index (κ2) is 9.28. The number of ether oxygens (including phenoxy) is 1. The molecule has 2 amide bonds. The molecule has 0 aliphatic carbocycles. The van der Waals surface area contributed by atoms with Crippen molar-refractivity contribution in [3.8, 4) is 5.75 Å². The maximum absolute atomic E-state index is 11.7. The molecule has 1 aromatic carbocycles. The second-order valence-corrected chi connectivity index (χ2v) is 6.20. The predicted molar refractivity (Wildman–Crippen MR) is 96.4 cm³/mol. The molecule has 9 nitrogen and oxygen atoms in total. The lowest BCUT2D eigenvalue weighted by atomic mass is 10.2. The number of hydrogen-bond acceptors (Lipinski definition) is 7. The van der Waals surface area contributed by atoms with Crippen molar-refractivity contribution in [2.24, 2.45) is 5.10 Å². The first-order valence-corrected chi connectivity index (χ1v) is 8.28. The number of nitro groups is 1. The third-order valence-corrected chi connectivity index (χ3v) is 3.95. The number of carbonyl (C=O) groups is 2. The molecule has 136 valence electrons. The summed E-state index contributed by atoms with van der Waals surface area (Å²) in [6, 6.07) is 10.1. The zero-order valence-corrected chi connectivity index (χ0v) is 14.6. The number of thiophene rings is 1. The highest BCUT2D eigenvalue weighted by Gasteiger charge is 2.08. The van der Waals surface area contributed by atoms with Crippen LogP contribution in [0, 0.1) is 17.0 Å². The number of benzene rings is 1. The van der Waals surface area contributed by atoms with Gasteiger partial charge in [-0.3, -0.25) is 19.7 Å². The Kier molecular flexibility index (Phi) is 6.80. The molecule has 2 N–H and O–H groups in total. The van der Waals surface area contributed by atoms with Crippen LogP contribution in [0.15, 0.2) is 41.5 Å². The Labute approximate surface area is 152 Å². The van der Waals surface area contributed by atoms with E-state index in [2.05, 4.69) is 15.8 Å². The van der Waals surface area contributed by atoms with Crippen LogP contribution in [0.4, 0.5) is 5.00 Å². The van der Waals surface area contributed by atoms with Gasteiger partial charge in [0.1, 0.15) is 5.75 Å². The maximum Gasteiger partial charge on any atom is 0.324 e. The zero-order chi connectivity index (χ0) is 18.9. The van der Waals surface area contributed by atoms with E-state index in [0.29, 0.717) is 10.6 Å². The lowest BCUT2D eigenvalue weighted by molar-refractivity contribution is -0.380. The van der Waals surface area contributed by atoms with E-state index in [4.69, 9.17) is 4.74 Å². The van der Waals surface area contributed by atoms with E-state index in [9.17, 15) is 19.7 Å². The van der Waals surface area contributed by atoms with Crippen molar-refractivity contribution >= 4 is 34.4 Å². The molecule has 0 unspecified atom stereocenters. The van der Waals surface area contributed by atoms with Crippen molar-refractivity contribution in [2.45, 2.75) is 6.92 Å². The van der Waals surface area contributed by atoms with E-state index in [1.54, 1.807) is 12.1 Å². The first kappa shape index (κ1) is 19.1. The number of amides is 2. The van der Waals surface area contributed by atoms with Crippen LogP contribution in [0.25, 0.3) is 0 Å². The second-order valence-electron chi connectivity index (χ2n) is 5.11. The normalized spacial score (nSPS) is 10.5. The third-order valence-electron chi connectivity index (χ3n) is 2.98. The fraction of sp³-hybridized carbons (Fsp3) is 0.188. The number of hydrogen-bond donors (Lipinski definition) is 2. The number of carbonyl (C=O) groups excluding carboxylic acids is 2. The average Bonchev–Trinajstić information content (AvgIpc) is 3.07. The molecule has 0 fully saturated rings. The fourth-order valence-electron chi connectivity index (χ4n) is 1.80. The van der Waals surface area contributed by atoms with Gasteiger partial charge in [0.25, 0.3) is 11.8 Å². The Morgan fingerprint density at radius 3 is 2.81 bits per heavy atom. The molecule has 0 bridgehead atoms. The van der Waals surface area contributed by atoms with Crippen molar-refractivity contribution in [3.05, 3.63) is 57.0 Å². The fourth-order valence-corrected chi connectivity index (χ4v) is 2.49. The van der Waals surface area contributed by atoms with Crippen LogP contribution in [0.2, 0.25) is 0 Å². The molecule has 10 heteroatoms. The summed E-state index contributed by atoms with van der Waals surface area (Å²) >= 11 is 0.930. The van der Waals surface area contributed by atoms with Gasteiger partial charge in [-0.25, -0.2) is 5.43 Å². The van der Waals surface area contributed by atoms with Gasteiger partial charge in [0.05, 0.1) is 22.6 Å². The van der Waals surface area contributed by atoms with Crippen LogP contribution in [-0.4, -0.2) is 36.1 Å². The minimum atomic E-state index is -0.531. The van der Waals surface area contributed by atoms with Gasteiger partial charge in [-0.2, -0.15) is 5.10 Å². The van der Waals surface area contributed by atoms with Crippen molar-refractivity contribution in [3.63, 3.8) is 0 Å². The van der Waals surface area contributed by atoms with Crippen molar-refractivity contribution < 1.29 is 19.2 Å². The Bertz CT molecular complexity index is 834. The summed E-state index contributed by atoms with van der Waals surface area (Å²) in [5.41, 5.74) is 3.23. The van der Waals surface area contributed by atoms with E-state index in [1.165, 1.54) is 18.3 Å². The van der Waals surface area contributed by atoms with Gasteiger partial charge in [-0.05, 0) is 30.7 Å². The molecular formula is C16H16N4O5S. The third kappa shape index (κ3) is 6.32. The van der Waals surface area contributed by atoms with Crippen molar-refractivity contribution in [2.75, 3.05) is 13.2 Å². The average molecular weight is 376 g/mol. The van der Waals surface area contributed by atoms with E-state index >= 15 is 0 Å². The molecule has 0 atom stereocenters. The number of nitrogens with one attached hydrogen (secondary N) is 2. The molecule has 0 spiro atoms. The number of hydrazone groups is 1. The van der Waals surface area contributed by atoms with Crippen LogP contribution >= 0.6 is 11.3 Å². The highest BCUT2D eigenvalue weighted by Crippen LogP contribution is 2.22. The summed E-state index contributed by atoms with van der Waals surface area (Å²) in [6.07, 6.45) is 1.29. The Hall–Kier alpha value is -3.27. The highest BCUT2D eigenvalue weighted by atomic mass is 32.1. The van der Waals surface area contributed by atoms with Crippen LogP contribution in [0.5, 0.6) is 5.75 Å². The minimum absolute atomic E-state index is 0.0151. The van der Waals surface area contributed by atoms with E-state index in [0.717, 1.165) is 16.9 Å². The smallest absolute Gasteiger partial charge is 0.324 e. The standard InChI is InChI=1S/C16H16N4O5S/c1-11-3-2-4-12(7-11)25-10-15(22)17-9-14(21)19-18-8-13-5-6-16(26-13)20(23)24/h2-8H,9-10H2,1H3,(H,17,22)(H,19,21). The Morgan fingerprint density at radius 2 is 2.12 bits per heavy atom. The van der Waals surface area contributed by atoms with Crippen LogP contribution in [-0.2, 0) is 9.59 Å². The van der Waals surface area contributed by atoms with Gasteiger partial charge >= 0.3 is 5.00 Å². The molecule has 0 saturated carbocycles. The lowest BCUT2D eigenvalue weighted by Gasteiger charge is -2.07.